The first-order valence-corrected chi connectivity index (χ1v) is 6.91. The van der Waals surface area contributed by atoms with E-state index in [1.54, 1.807) is 0 Å². The standard InChI is InChI=1S/C15H16N4O2/c20-14-6-5-12(17-18-14)15(21)16-8-10-19-9-7-11-3-1-2-4-13(11)19/h1-4,7,9H,5-6,8,10H2,(H,16,21)(H,18,20). The third kappa shape index (κ3) is 2.94. The van der Waals surface area contributed by atoms with Gasteiger partial charge in [0.1, 0.15) is 5.71 Å². The summed E-state index contributed by atoms with van der Waals surface area (Å²) in [7, 11) is 0. The maximum atomic E-state index is 11.9. The van der Waals surface area contributed by atoms with Crippen LogP contribution in [0.15, 0.2) is 41.6 Å². The highest BCUT2D eigenvalue weighted by Crippen LogP contribution is 2.14. The van der Waals surface area contributed by atoms with Crippen molar-refractivity contribution in [2.45, 2.75) is 19.4 Å². The lowest BCUT2D eigenvalue weighted by Gasteiger charge is -2.12. The van der Waals surface area contributed by atoms with Gasteiger partial charge in [0.05, 0.1) is 0 Å². The normalized spacial score (nSPS) is 14.7. The van der Waals surface area contributed by atoms with Crippen molar-refractivity contribution in [2.24, 2.45) is 5.10 Å². The Hall–Kier alpha value is -2.63. The van der Waals surface area contributed by atoms with Crippen LogP contribution < -0.4 is 10.7 Å². The number of rotatable bonds is 4. The average molecular weight is 284 g/mol. The summed E-state index contributed by atoms with van der Waals surface area (Å²) in [5.41, 5.74) is 3.85. The molecule has 0 bridgehead atoms. The Morgan fingerprint density at radius 3 is 2.95 bits per heavy atom. The molecule has 0 saturated carbocycles. The van der Waals surface area contributed by atoms with Crippen LogP contribution in [-0.4, -0.2) is 28.6 Å². The minimum Gasteiger partial charge on any atom is -0.349 e. The van der Waals surface area contributed by atoms with E-state index in [0.717, 1.165) is 5.52 Å². The Bertz CT molecular complexity index is 717. The van der Waals surface area contributed by atoms with Crippen LogP contribution in [0.5, 0.6) is 0 Å². The molecule has 6 nitrogen and oxygen atoms in total. The predicted octanol–water partition coefficient (Wildman–Crippen LogP) is 1.02. The Kier molecular flexibility index (Phi) is 3.68. The van der Waals surface area contributed by atoms with E-state index in [9.17, 15) is 9.59 Å². The van der Waals surface area contributed by atoms with Crippen LogP contribution in [0, 0.1) is 0 Å². The van der Waals surface area contributed by atoms with Crippen molar-refractivity contribution in [1.82, 2.24) is 15.3 Å². The average Bonchev–Trinajstić information content (AvgIpc) is 2.91. The number of aromatic nitrogens is 1. The molecule has 0 aliphatic carbocycles. The molecule has 3 rings (SSSR count). The first-order valence-electron chi connectivity index (χ1n) is 6.91. The Balaban J connectivity index is 1.56. The number of hydrogen-bond donors (Lipinski definition) is 2. The molecule has 2 aromatic rings. The SMILES string of the molecule is O=C1CCC(C(=O)NCCn2ccc3ccccc32)=NN1. The lowest BCUT2D eigenvalue weighted by atomic mass is 10.1. The van der Waals surface area contributed by atoms with Crippen LogP contribution in [0.1, 0.15) is 12.8 Å². The van der Waals surface area contributed by atoms with E-state index in [4.69, 9.17) is 0 Å². The fraction of sp³-hybridized carbons (Fsp3) is 0.267. The highest BCUT2D eigenvalue weighted by Gasteiger charge is 2.17. The second kappa shape index (κ2) is 5.78. The highest BCUT2D eigenvalue weighted by molar-refractivity contribution is 6.39. The number of carbonyl (C=O) groups is 2. The number of hydrazone groups is 1. The minimum atomic E-state index is -0.216. The molecule has 2 amide bonds. The molecule has 0 unspecified atom stereocenters. The number of para-hydroxylation sites is 1. The molecule has 0 radical (unpaired) electrons. The van der Waals surface area contributed by atoms with Crippen molar-refractivity contribution < 1.29 is 9.59 Å². The van der Waals surface area contributed by atoms with Gasteiger partial charge in [-0.1, -0.05) is 18.2 Å². The van der Waals surface area contributed by atoms with Gasteiger partial charge in [0.15, 0.2) is 0 Å². The molecule has 1 aliphatic heterocycles. The summed E-state index contributed by atoms with van der Waals surface area (Å²) in [5, 5.41) is 7.79. The summed E-state index contributed by atoms with van der Waals surface area (Å²) in [6, 6.07) is 10.2. The van der Waals surface area contributed by atoms with Gasteiger partial charge in [-0.05, 0) is 17.5 Å². The number of carbonyl (C=O) groups excluding carboxylic acids is 2. The van der Waals surface area contributed by atoms with E-state index in [-0.39, 0.29) is 11.8 Å². The topological polar surface area (TPSA) is 75.5 Å². The fourth-order valence-corrected chi connectivity index (χ4v) is 2.37. The van der Waals surface area contributed by atoms with E-state index in [2.05, 4.69) is 38.6 Å². The number of fused-ring (bicyclic) bond motifs is 1. The van der Waals surface area contributed by atoms with E-state index >= 15 is 0 Å². The molecule has 0 saturated heterocycles. The quantitative estimate of drug-likeness (QED) is 0.879. The molecule has 21 heavy (non-hydrogen) atoms. The zero-order valence-electron chi connectivity index (χ0n) is 11.5. The lowest BCUT2D eigenvalue weighted by Crippen LogP contribution is -2.38. The number of amides is 2. The van der Waals surface area contributed by atoms with E-state index in [0.29, 0.717) is 31.6 Å². The molecule has 0 fully saturated rings. The maximum absolute atomic E-state index is 11.9. The third-order valence-corrected chi connectivity index (χ3v) is 3.49. The first-order chi connectivity index (χ1) is 10.2. The van der Waals surface area contributed by atoms with Crippen molar-refractivity contribution in [3.8, 4) is 0 Å². The van der Waals surface area contributed by atoms with Crippen molar-refractivity contribution in [3.63, 3.8) is 0 Å². The van der Waals surface area contributed by atoms with Crippen molar-refractivity contribution in [3.05, 3.63) is 36.5 Å². The molecule has 2 N–H and O–H groups in total. The van der Waals surface area contributed by atoms with E-state index < -0.39 is 0 Å². The molecule has 1 aromatic carbocycles. The van der Waals surface area contributed by atoms with Crippen molar-refractivity contribution >= 4 is 28.4 Å². The molecule has 108 valence electrons. The Labute approximate surface area is 121 Å². The van der Waals surface area contributed by atoms with E-state index in [1.165, 1.54) is 5.39 Å². The second-order valence-electron chi connectivity index (χ2n) is 4.92. The predicted molar refractivity (Wildman–Crippen MR) is 79.8 cm³/mol. The van der Waals surface area contributed by atoms with Crippen molar-refractivity contribution in [1.29, 1.82) is 0 Å². The van der Waals surface area contributed by atoms with Gasteiger partial charge in [-0.3, -0.25) is 9.59 Å². The molecular formula is C15H16N4O2. The smallest absolute Gasteiger partial charge is 0.267 e. The monoisotopic (exact) mass is 284 g/mol. The van der Waals surface area contributed by atoms with Gasteiger partial charge in [0.2, 0.25) is 5.91 Å². The van der Waals surface area contributed by atoms with Gasteiger partial charge in [-0.2, -0.15) is 5.10 Å². The van der Waals surface area contributed by atoms with Crippen LogP contribution in [0.3, 0.4) is 0 Å². The van der Waals surface area contributed by atoms with Gasteiger partial charge in [0, 0.05) is 37.6 Å². The summed E-state index contributed by atoms with van der Waals surface area (Å²) in [5.74, 6) is -0.364. The number of hydrogen-bond acceptors (Lipinski definition) is 3. The molecule has 0 spiro atoms. The van der Waals surface area contributed by atoms with Crippen LogP contribution in [-0.2, 0) is 16.1 Å². The molecular weight excluding hydrogens is 268 g/mol. The molecule has 1 aromatic heterocycles. The van der Waals surface area contributed by atoms with Crippen molar-refractivity contribution in [2.75, 3.05) is 6.54 Å². The second-order valence-corrected chi connectivity index (χ2v) is 4.92. The summed E-state index contributed by atoms with van der Waals surface area (Å²) in [6.07, 6.45) is 2.72. The number of nitrogens with zero attached hydrogens (tertiary/aromatic N) is 2. The van der Waals surface area contributed by atoms with Gasteiger partial charge < -0.3 is 9.88 Å². The molecule has 6 heteroatoms. The first kappa shape index (κ1) is 13.4. The van der Waals surface area contributed by atoms with Crippen LogP contribution in [0.4, 0.5) is 0 Å². The summed E-state index contributed by atoms with van der Waals surface area (Å²) in [6.45, 7) is 1.21. The van der Waals surface area contributed by atoms with Gasteiger partial charge in [0.25, 0.3) is 5.91 Å². The molecule has 2 heterocycles. The summed E-state index contributed by atoms with van der Waals surface area (Å²) < 4.78 is 2.10. The molecule has 0 atom stereocenters. The minimum absolute atomic E-state index is 0.148. The van der Waals surface area contributed by atoms with Gasteiger partial charge in [-0.25, -0.2) is 5.43 Å². The van der Waals surface area contributed by atoms with Gasteiger partial charge in [-0.15, -0.1) is 0 Å². The lowest BCUT2D eigenvalue weighted by molar-refractivity contribution is -0.121. The molecule has 1 aliphatic rings. The zero-order chi connectivity index (χ0) is 14.7. The largest absolute Gasteiger partial charge is 0.349 e. The van der Waals surface area contributed by atoms with Crippen LogP contribution in [0.2, 0.25) is 0 Å². The highest BCUT2D eigenvalue weighted by atomic mass is 16.2. The summed E-state index contributed by atoms with van der Waals surface area (Å²) >= 11 is 0. The maximum Gasteiger partial charge on any atom is 0.267 e. The van der Waals surface area contributed by atoms with Gasteiger partial charge >= 0.3 is 0 Å². The fourth-order valence-electron chi connectivity index (χ4n) is 2.37. The third-order valence-electron chi connectivity index (χ3n) is 3.49. The Morgan fingerprint density at radius 1 is 1.29 bits per heavy atom. The van der Waals surface area contributed by atoms with Crippen LogP contribution >= 0.6 is 0 Å². The van der Waals surface area contributed by atoms with Crippen LogP contribution in [0.25, 0.3) is 10.9 Å². The summed E-state index contributed by atoms with van der Waals surface area (Å²) in [4.78, 5) is 22.9. The Morgan fingerprint density at radius 2 is 2.14 bits per heavy atom. The van der Waals surface area contributed by atoms with E-state index in [1.807, 2.05) is 18.3 Å². The number of benzene rings is 1. The zero-order valence-corrected chi connectivity index (χ0v) is 11.5. The number of nitrogens with one attached hydrogen (secondary N) is 2.